The number of carbonyl (C=O) groups excluding carboxylic acids is 1. The van der Waals surface area contributed by atoms with E-state index in [9.17, 15) is 9.59 Å². The number of hydrogen-bond acceptors (Lipinski definition) is 5. The number of nitrogens with one attached hydrogen (secondary N) is 1. The van der Waals surface area contributed by atoms with Gasteiger partial charge in [0.25, 0.3) is 11.5 Å². The maximum absolute atomic E-state index is 12.4. The van der Waals surface area contributed by atoms with E-state index in [2.05, 4.69) is 10.4 Å². The first-order valence-corrected chi connectivity index (χ1v) is 8.79. The number of ether oxygens (including phenoxy) is 1. The molecule has 6 nitrogen and oxygen atoms in total. The molecule has 25 heavy (non-hydrogen) atoms. The number of hydrogen-bond donors (Lipinski definition) is 1. The van der Waals surface area contributed by atoms with Crippen molar-refractivity contribution in [3.8, 4) is 5.75 Å². The third-order valence-electron chi connectivity index (χ3n) is 3.95. The molecule has 3 rings (SSSR count). The van der Waals surface area contributed by atoms with Crippen LogP contribution >= 0.6 is 11.3 Å². The van der Waals surface area contributed by atoms with Crippen LogP contribution in [0.1, 0.15) is 22.9 Å². The van der Waals surface area contributed by atoms with Crippen LogP contribution in [0.3, 0.4) is 0 Å². The molecule has 0 radical (unpaired) electrons. The monoisotopic (exact) mass is 357 g/mol. The van der Waals surface area contributed by atoms with Crippen LogP contribution in [-0.4, -0.2) is 22.2 Å². The van der Waals surface area contributed by atoms with E-state index in [1.807, 2.05) is 45.0 Å². The number of aryl methyl sites for hydroxylation is 3. The lowest BCUT2D eigenvalue weighted by atomic mass is 10.1. The number of nitrogens with zero attached hydrogens (tertiary/aromatic N) is 2. The van der Waals surface area contributed by atoms with Gasteiger partial charge in [0.1, 0.15) is 16.9 Å². The summed E-state index contributed by atoms with van der Waals surface area (Å²) in [4.78, 5) is 30.5. The number of fused-ring (bicyclic) bond motifs is 1. The Morgan fingerprint density at radius 2 is 2.08 bits per heavy atom. The smallest absolute Gasteiger partial charge is 0.280 e. The van der Waals surface area contributed by atoms with E-state index in [0.29, 0.717) is 16.0 Å². The molecule has 0 unspecified atom stereocenters. The quantitative estimate of drug-likeness (QED) is 0.762. The second kappa shape index (κ2) is 7.06. The third kappa shape index (κ3) is 3.71. The first-order valence-electron chi connectivity index (χ1n) is 7.98. The molecule has 0 spiro atoms. The van der Waals surface area contributed by atoms with Gasteiger partial charge in [-0.2, -0.15) is 0 Å². The Morgan fingerprint density at radius 1 is 1.28 bits per heavy atom. The predicted molar refractivity (Wildman–Crippen MR) is 99.0 cm³/mol. The lowest BCUT2D eigenvalue weighted by Crippen LogP contribution is -2.35. The van der Waals surface area contributed by atoms with Gasteiger partial charge in [-0.05, 0) is 49.6 Å². The number of benzene rings is 1. The molecule has 2 aromatic heterocycles. The van der Waals surface area contributed by atoms with Crippen LogP contribution in [0.15, 0.2) is 35.4 Å². The second-order valence-electron chi connectivity index (χ2n) is 5.77. The van der Waals surface area contributed by atoms with Crippen LogP contribution in [0.2, 0.25) is 0 Å². The van der Waals surface area contributed by atoms with Gasteiger partial charge in [-0.3, -0.25) is 15.0 Å². The van der Waals surface area contributed by atoms with E-state index in [-0.39, 0.29) is 12.2 Å². The van der Waals surface area contributed by atoms with E-state index >= 15 is 0 Å². The van der Waals surface area contributed by atoms with Gasteiger partial charge in [0.2, 0.25) is 0 Å². The molecule has 3 aromatic rings. The fraction of sp³-hybridized carbons (Fsp3) is 0.278. The Labute approximate surface area is 149 Å². The number of amides is 1. The van der Waals surface area contributed by atoms with Crippen molar-refractivity contribution in [3.63, 3.8) is 0 Å². The average molecular weight is 357 g/mol. The van der Waals surface area contributed by atoms with Crippen LogP contribution in [-0.2, 0) is 11.2 Å². The molecule has 0 saturated heterocycles. The summed E-state index contributed by atoms with van der Waals surface area (Å²) in [6.07, 6.45) is 2.17. The number of rotatable bonds is 5. The molecule has 0 aliphatic carbocycles. The van der Waals surface area contributed by atoms with E-state index in [0.717, 1.165) is 27.1 Å². The topological polar surface area (TPSA) is 73.2 Å². The summed E-state index contributed by atoms with van der Waals surface area (Å²) in [7, 11) is 0. The van der Waals surface area contributed by atoms with Gasteiger partial charge in [0.15, 0.2) is 6.61 Å². The van der Waals surface area contributed by atoms with Crippen molar-refractivity contribution < 1.29 is 9.53 Å². The van der Waals surface area contributed by atoms with Crippen LogP contribution in [0.4, 0.5) is 0 Å². The molecule has 0 atom stereocenters. The van der Waals surface area contributed by atoms with Gasteiger partial charge in [-0.15, -0.1) is 11.3 Å². The fourth-order valence-electron chi connectivity index (χ4n) is 2.35. The highest BCUT2D eigenvalue weighted by Gasteiger charge is 2.11. The van der Waals surface area contributed by atoms with Gasteiger partial charge < -0.3 is 4.74 Å². The molecule has 0 aliphatic heterocycles. The molecule has 0 fully saturated rings. The highest BCUT2D eigenvalue weighted by Crippen LogP contribution is 2.20. The predicted octanol–water partition coefficient (Wildman–Crippen LogP) is 2.79. The minimum atomic E-state index is -0.424. The molecule has 0 aliphatic rings. The summed E-state index contributed by atoms with van der Waals surface area (Å²) in [5.41, 5.74) is 4.47. The van der Waals surface area contributed by atoms with Crippen molar-refractivity contribution in [2.75, 3.05) is 12.0 Å². The standard InChI is InChI=1S/C18H19N3O3S/c1-4-14-8-15-17(25-14)19-10-21(18(15)23)20-16(22)9-24-13-6-5-11(2)12(3)7-13/h5-8,10H,4,9H2,1-3H3,(H,20,22). The average Bonchev–Trinajstić information content (AvgIpc) is 3.03. The maximum Gasteiger partial charge on any atom is 0.280 e. The Bertz CT molecular complexity index is 991. The molecular formula is C18H19N3O3S. The molecule has 0 bridgehead atoms. The van der Waals surface area contributed by atoms with E-state index < -0.39 is 5.91 Å². The SMILES string of the molecule is CCc1cc2c(=O)n(NC(=O)COc3ccc(C)c(C)c3)cnc2s1. The van der Waals surface area contributed by atoms with Crippen LogP contribution in [0.25, 0.3) is 10.2 Å². The van der Waals surface area contributed by atoms with E-state index in [4.69, 9.17) is 4.74 Å². The van der Waals surface area contributed by atoms with Gasteiger partial charge in [-0.25, -0.2) is 9.66 Å². The summed E-state index contributed by atoms with van der Waals surface area (Å²) >= 11 is 1.49. The van der Waals surface area contributed by atoms with Crippen LogP contribution in [0, 0.1) is 13.8 Å². The Kier molecular flexibility index (Phi) is 4.85. The molecule has 2 heterocycles. The zero-order valence-corrected chi connectivity index (χ0v) is 15.1. The highest BCUT2D eigenvalue weighted by molar-refractivity contribution is 7.18. The van der Waals surface area contributed by atoms with Crippen molar-refractivity contribution in [1.82, 2.24) is 9.66 Å². The zero-order chi connectivity index (χ0) is 18.0. The van der Waals surface area contributed by atoms with Gasteiger partial charge >= 0.3 is 0 Å². The van der Waals surface area contributed by atoms with E-state index in [1.165, 1.54) is 17.7 Å². The third-order valence-corrected chi connectivity index (χ3v) is 5.13. The van der Waals surface area contributed by atoms with Gasteiger partial charge in [-0.1, -0.05) is 13.0 Å². The number of thiophene rings is 1. The Morgan fingerprint density at radius 3 is 2.80 bits per heavy atom. The van der Waals surface area contributed by atoms with Gasteiger partial charge in [0.05, 0.1) is 5.39 Å². The van der Waals surface area contributed by atoms with Crippen LogP contribution in [0.5, 0.6) is 5.75 Å². The Balaban J connectivity index is 1.70. The lowest BCUT2D eigenvalue weighted by molar-refractivity contribution is -0.119. The van der Waals surface area contributed by atoms with Gasteiger partial charge in [0, 0.05) is 4.88 Å². The summed E-state index contributed by atoms with van der Waals surface area (Å²) in [6, 6.07) is 7.45. The minimum Gasteiger partial charge on any atom is -0.484 e. The molecule has 0 saturated carbocycles. The van der Waals surface area contributed by atoms with Crippen molar-refractivity contribution in [1.29, 1.82) is 0 Å². The first kappa shape index (κ1) is 17.2. The normalized spacial score (nSPS) is 10.8. The Hall–Kier alpha value is -2.67. The molecule has 7 heteroatoms. The maximum atomic E-state index is 12.4. The molecule has 130 valence electrons. The zero-order valence-electron chi connectivity index (χ0n) is 14.3. The highest BCUT2D eigenvalue weighted by atomic mass is 32.1. The fourth-order valence-corrected chi connectivity index (χ4v) is 3.27. The molecular weight excluding hydrogens is 338 g/mol. The van der Waals surface area contributed by atoms with Crippen molar-refractivity contribution >= 4 is 27.5 Å². The lowest BCUT2D eigenvalue weighted by Gasteiger charge is -2.10. The second-order valence-corrected chi connectivity index (χ2v) is 6.89. The summed E-state index contributed by atoms with van der Waals surface area (Å²) in [6.45, 7) is 5.83. The number of carbonyl (C=O) groups is 1. The molecule has 1 amide bonds. The van der Waals surface area contributed by atoms with Crippen molar-refractivity contribution in [3.05, 3.63) is 57.0 Å². The van der Waals surface area contributed by atoms with Crippen LogP contribution < -0.4 is 15.7 Å². The van der Waals surface area contributed by atoms with Crippen molar-refractivity contribution in [2.24, 2.45) is 0 Å². The van der Waals surface area contributed by atoms with E-state index in [1.54, 1.807) is 0 Å². The van der Waals surface area contributed by atoms with Crippen molar-refractivity contribution in [2.45, 2.75) is 27.2 Å². The minimum absolute atomic E-state index is 0.184. The summed E-state index contributed by atoms with van der Waals surface area (Å²) in [5, 5.41) is 0.514. The number of aromatic nitrogens is 2. The summed E-state index contributed by atoms with van der Waals surface area (Å²) < 4.78 is 6.58. The first-order chi connectivity index (χ1) is 12.0. The summed E-state index contributed by atoms with van der Waals surface area (Å²) in [5.74, 6) is 0.192. The molecule has 1 N–H and O–H groups in total. The molecule has 1 aromatic carbocycles. The largest absolute Gasteiger partial charge is 0.484 e.